The Balaban J connectivity index is 1.92. The van der Waals surface area contributed by atoms with Crippen LogP contribution < -0.4 is 10.1 Å². The van der Waals surface area contributed by atoms with Gasteiger partial charge in [0.1, 0.15) is 11.6 Å². The number of nitrogens with one attached hydrogen (secondary N) is 1. The van der Waals surface area contributed by atoms with E-state index in [-0.39, 0.29) is 11.9 Å². The second kappa shape index (κ2) is 7.21. The minimum Gasteiger partial charge on any atom is -0.496 e. The zero-order chi connectivity index (χ0) is 17.8. The molecule has 5 nitrogen and oxygen atoms in total. The monoisotopic (exact) mass is 335 g/mol. The summed E-state index contributed by atoms with van der Waals surface area (Å²) in [5.41, 5.74) is 2.43. The summed E-state index contributed by atoms with van der Waals surface area (Å²) in [5.74, 6) is 1.15. The van der Waals surface area contributed by atoms with Crippen LogP contribution in [-0.2, 0) is 6.54 Å². The summed E-state index contributed by atoms with van der Waals surface area (Å²) in [6.45, 7) is 6.38. The van der Waals surface area contributed by atoms with Crippen molar-refractivity contribution < 1.29 is 9.53 Å². The van der Waals surface area contributed by atoms with Gasteiger partial charge in [-0.25, -0.2) is 4.98 Å². The molecule has 0 saturated carbocycles. The number of hydrogen-bond acceptors (Lipinski definition) is 3. The number of nitrogens with zero attached hydrogens (tertiary/aromatic N) is 2. The van der Waals surface area contributed by atoms with Crippen LogP contribution in [0.1, 0.15) is 29.1 Å². The van der Waals surface area contributed by atoms with Gasteiger partial charge in [0.25, 0.3) is 5.91 Å². The van der Waals surface area contributed by atoms with Crippen molar-refractivity contribution in [3.8, 4) is 5.75 Å². The van der Waals surface area contributed by atoms with Gasteiger partial charge >= 0.3 is 0 Å². The minimum absolute atomic E-state index is 0.192. The van der Waals surface area contributed by atoms with Crippen LogP contribution in [-0.4, -0.2) is 22.6 Å². The smallest absolute Gasteiger partial charge is 0.255 e. The van der Waals surface area contributed by atoms with E-state index < -0.39 is 0 Å². The number of benzene rings is 2. The summed E-state index contributed by atoms with van der Waals surface area (Å²) in [6.07, 6.45) is 1.83. The fourth-order valence-electron chi connectivity index (χ4n) is 2.92. The van der Waals surface area contributed by atoms with Crippen LogP contribution in [0.3, 0.4) is 0 Å². The molecule has 1 heterocycles. The molecule has 0 aliphatic heterocycles. The number of hydrogen-bond donors (Lipinski definition) is 1. The van der Waals surface area contributed by atoms with Crippen molar-refractivity contribution in [2.24, 2.45) is 0 Å². The maximum Gasteiger partial charge on any atom is 0.255 e. The molecule has 1 amide bonds. The molecule has 5 heteroatoms. The average Bonchev–Trinajstić information content (AvgIpc) is 3.01. The fraction of sp³-hybridized carbons (Fsp3) is 0.200. The highest BCUT2D eigenvalue weighted by molar-refractivity contribution is 5.97. The molecule has 2 aromatic carbocycles. The van der Waals surface area contributed by atoms with Gasteiger partial charge in [-0.2, -0.15) is 0 Å². The normalized spacial score (nSPS) is 11.9. The van der Waals surface area contributed by atoms with E-state index in [1.165, 1.54) is 0 Å². The first-order chi connectivity index (χ1) is 12.2. The third-order valence-electron chi connectivity index (χ3n) is 4.08. The van der Waals surface area contributed by atoms with Crippen molar-refractivity contribution in [3.63, 3.8) is 0 Å². The van der Waals surface area contributed by atoms with Gasteiger partial charge < -0.3 is 14.6 Å². The number of aromatic nitrogens is 2. The molecule has 128 valence electrons. The number of amides is 1. The number of methoxy groups -OCH3 is 1. The van der Waals surface area contributed by atoms with Gasteiger partial charge in [-0.15, -0.1) is 6.58 Å². The molecule has 0 saturated heterocycles. The predicted molar refractivity (Wildman–Crippen MR) is 98.8 cm³/mol. The van der Waals surface area contributed by atoms with Crippen LogP contribution in [0.5, 0.6) is 5.75 Å². The van der Waals surface area contributed by atoms with Crippen LogP contribution in [0.15, 0.2) is 61.2 Å². The van der Waals surface area contributed by atoms with E-state index >= 15 is 0 Å². The third-order valence-corrected chi connectivity index (χ3v) is 4.08. The molecular formula is C20H21N3O2. The highest BCUT2D eigenvalue weighted by Gasteiger charge is 2.20. The number of carbonyl (C=O) groups is 1. The quantitative estimate of drug-likeness (QED) is 0.699. The molecule has 1 atom stereocenters. The number of fused-ring (bicyclic) bond motifs is 1. The summed E-state index contributed by atoms with van der Waals surface area (Å²) in [4.78, 5) is 17.3. The highest BCUT2D eigenvalue weighted by atomic mass is 16.5. The Morgan fingerprint density at radius 3 is 2.76 bits per heavy atom. The first kappa shape index (κ1) is 16.8. The second-order valence-electron chi connectivity index (χ2n) is 5.75. The van der Waals surface area contributed by atoms with Crippen molar-refractivity contribution in [3.05, 3.63) is 72.6 Å². The van der Waals surface area contributed by atoms with Crippen molar-refractivity contribution in [2.75, 3.05) is 7.11 Å². The lowest BCUT2D eigenvalue weighted by Gasteiger charge is -2.16. The summed E-state index contributed by atoms with van der Waals surface area (Å²) in [6, 6.07) is 14.8. The summed E-state index contributed by atoms with van der Waals surface area (Å²) >= 11 is 0. The Kier molecular flexibility index (Phi) is 4.84. The van der Waals surface area contributed by atoms with Gasteiger partial charge in [0, 0.05) is 6.54 Å². The van der Waals surface area contributed by atoms with Crippen molar-refractivity contribution >= 4 is 16.9 Å². The molecule has 3 aromatic rings. The highest BCUT2D eigenvalue weighted by Crippen LogP contribution is 2.22. The minimum atomic E-state index is -0.259. The van der Waals surface area contributed by atoms with E-state index in [0.717, 1.165) is 16.9 Å². The molecule has 0 spiro atoms. The van der Waals surface area contributed by atoms with Crippen molar-refractivity contribution in [2.45, 2.75) is 19.5 Å². The predicted octanol–water partition coefficient (Wildman–Crippen LogP) is 3.72. The van der Waals surface area contributed by atoms with Gasteiger partial charge in [0.05, 0.1) is 29.7 Å². The fourth-order valence-corrected chi connectivity index (χ4v) is 2.92. The summed E-state index contributed by atoms with van der Waals surface area (Å²) in [5, 5.41) is 3.01. The van der Waals surface area contributed by atoms with Crippen molar-refractivity contribution in [1.29, 1.82) is 0 Å². The first-order valence-corrected chi connectivity index (χ1v) is 8.15. The molecule has 0 bridgehead atoms. The van der Waals surface area contributed by atoms with Crippen molar-refractivity contribution in [1.82, 2.24) is 14.9 Å². The number of ether oxygens (including phenoxy) is 1. The topological polar surface area (TPSA) is 56.2 Å². The Morgan fingerprint density at radius 2 is 2.00 bits per heavy atom. The van der Waals surface area contributed by atoms with Gasteiger partial charge in [-0.3, -0.25) is 4.79 Å². The van der Waals surface area contributed by atoms with E-state index in [1.54, 1.807) is 19.2 Å². The summed E-state index contributed by atoms with van der Waals surface area (Å²) in [7, 11) is 1.55. The van der Waals surface area contributed by atoms with Crippen LogP contribution in [0, 0.1) is 0 Å². The van der Waals surface area contributed by atoms with Crippen LogP contribution in [0.2, 0.25) is 0 Å². The Labute approximate surface area is 146 Å². The molecule has 0 radical (unpaired) electrons. The zero-order valence-electron chi connectivity index (χ0n) is 14.4. The van der Waals surface area contributed by atoms with E-state index in [0.29, 0.717) is 17.9 Å². The second-order valence-corrected chi connectivity index (χ2v) is 5.75. The summed E-state index contributed by atoms with van der Waals surface area (Å²) < 4.78 is 7.33. The molecule has 0 aliphatic carbocycles. The number of imidazole rings is 1. The van der Waals surface area contributed by atoms with E-state index in [2.05, 4.69) is 21.4 Å². The molecular weight excluding hydrogens is 314 g/mol. The molecule has 0 fully saturated rings. The van der Waals surface area contributed by atoms with Crippen LogP contribution in [0.25, 0.3) is 11.0 Å². The number of allylic oxidation sites excluding steroid dienone is 1. The molecule has 1 N–H and O–H groups in total. The van der Waals surface area contributed by atoms with E-state index in [4.69, 9.17) is 4.74 Å². The number of para-hydroxylation sites is 3. The van der Waals surface area contributed by atoms with Gasteiger partial charge in [0.2, 0.25) is 0 Å². The van der Waals surface area contributed by atoms with Gasteiger partial charge in [-0.1, -0.05) is 30.3 Å². The van der Waals surface area contributed by atoms with Crippen LogP contribution in [0.4, 0.5) is 0 Å². The van der Waals surface area contributed by atoms with Gasteiger partial charge in [-0.05, 0) is 31.2 Å². The lowest BCUT2D eigenvalue weighted by Crippen LogP contribution is -2.29. The first-order valence-electron chi connectivity index (χ1n) is 8.15. The zero-order valence-corrected chi connectivity index (χ0v) is 14.4. The molecule has 0 aliphatic rings. The maximum absolute atomic E-state index is 12.6. The lowest BCUT2D eigenvalue weighted by molar-refractivity contribution is 0.0934. The standard InChI is InChI=1S/C20H21N3O2/c1-4-13-23-17-11-7-6-10-16(17)22-19(23)14(2)21-20(24)15-9-5-8-12-18(15)25-3/h4-12,14H,1,13H2,2-3H3,(H,21,24)/t14-/m1/s1. The number of carbonyl (C=O) groups excluding carboxylic acids is 1. The lowest BCUT2D eigenvalue weighted by atomic mass is 10.1. The third kappa shape index (κ3) is 3.26. The molecule has 25 heavy (non-hydrogen) atoms. The van der Waals surface area contributed by atoms with Gasteiger partial charge in [0.15, 0.2) is 0 Å². The van der Waals surface area contributed by atoms with Crippen LogP contribution >= 0.6 is 0 Å². The Morgan fingerprint density at radius 1 is 1.28 bits per heavy atom. The molecule has 3 rings (SSSR count). The molecule has 1 aromatic heterocycles. The van der Waals surface area contributed by atoms with E-state index in [1.807, 2.05) is 49.4 Å². The molecule has 0 unspecified atom stereocenters. The average molecular weight is 335 g/mol. The Bertz CT molecular complexity index is 914. The number of rotatable bonds is 6. The SMILES string of the molecule is C=CCn1c([C@@H](C)NC(=O)c2ccccc2OC)nc2ccccc21. The maximum atomic E-state index is 12.6. The largest absolute Gasteiger partial charge is 0.496 e. The van der Waals surface area contributed by atoms with E-state index in [9.17, 15) is 4.79 Å². The Hall–Kier alpha value is -3.08.